The Morgan fingerprint density at radius 1 is 1.29 bits per heavy atom. The summed E-state index contributed by atoms with van der Waals surface area (Å²) in [6.07, 6.45) is 5.03. The highest BCUT2D eigenvalue weighted by molar-refractivity contribution is 5.92. The maximum absolute atomic E-state index is 11.8. The predicted molar refractivity (Wildman–Crippen MR) is 64.9 cm³/mol. The lowest BCUT2D eigenvalue weighted by molar-refractivity contribution is 0.0745. The number of amides is 1. The van der Waals surface area contributed by atoms with E-state index in [1.807, 2.05) is 5.01 Å². The van der Waals surface area contributed by atoms with Crippen molar-refractivity contribution in [1.82, 2.24) is 15.4 Å². The van der Waals surface area contributed by atoms with Gasteiger partial charge in [-0.15, -0.1) is 0 Å². The normalized spacial score (nSPS) is 16.5. The third-order valence-corrected chi connectivity index (χ3v) is 2.78. The van der Waals surface area contributed by atoms with Crippen LogP contribution in [-0.2, 0) is 0 Å². The van der Waals surface area contributed by atoms with Crippen LogP contribution >= 0.6 is 0 Å². The van der Waals surface area contributed by atoms with Crippen molar-refractivity contribution in [3.63, 3.8) is 0 Å². The van der Waals surface area contributed by atoms with Crippen molar-refractivity contribution in [3.05, 3.63) is 24.0 Å². The second-order valence-corrected chi connectivity index (χ2v) is 4.07. The zero-order valence-corrected chi connectivity index (χ0v) is 9.65. The lowest BCUT2D eigenvalue weighted by Gasteiger charge is -2.26. The zero-order valence-electron chi connectivity index (χ0n) is 9.65. The monoisotopic (exact) mass is 235 g/mol. The summed E-state index contributed by atoms with van der Waals surface area (Å²) in [6.45, 7) is 1.82. The molecule has 0 unspecified atom stereocenters. The highest BCUT2D eigenvalue weighted by Crippen LogP contribution is 2.07. The number of rotatable bonds is 3. The third-order valence-electron chi connectivity index (χ3n) is 2.78. The molecule has 6 nitrogen and oxygen atoms in total. The SMILES string of the molecule is NNc1ccc(C(=O)NN2CCCCC2)nc1. The molecule has 0 atom stereocenters. The van der Waals surface area contributed by atoms with Crippen molar-refractivity contribution in [2.24, 2.45) is 5.84 Å². The van der Waals surface area contributed by atoms with E-state index in [4.69, 9.17) is 5.84 Å². The zero-order chi connectivity index (χ0) is 12.1. The number of hydrogen-bond donors (Lipinski definition) is 3. The van der Waals surface area contributed by atoms with Crippen LogP contribution in [0.5, 0.6) is 0 Å². The van der Waals surface area contributed by atoms with Crippen LogP contribution in [0.1, 0.15) is 29.8 Å². The van der Waals surface area contributed by atoms with Crippen LogP contribution in [0.25, 0.3) is 0 Å². The molecule has 17 heavy (non-hydrogen) atoms. The second kappa shape index (κ2) is 5.60. The molecule has 1 aliphatic rings. The predicted octanol–water partition coefficient (Wildman–Crippen LogP) is 0.498. The Labute approximate surface area is 100 Å². The van der Waals surface area contributed by atoms with Gasteiger partial charge >= 0.3 is 0 Å². The second-order valence-electron chi connectivity index (χ2n) is 4.07. The van der Waals surface area contributed by atoms with Gasteiger partial charge in [-0.1, -0.05) is 6.42 Å². The van der Waals surface area contributed by atoms with E-state index in [1.165, 1.54) is 12.6 Å². The fourth-order valence-corrected chi connectivity index (χ4v) is 1.82. The van der Waals surface area contributed by atoms with E-state index in [2.05, 4.69) is 15.8 Å². The highest BCUT2D eigenvalue weighted by Gasteiger charge is 2.14. The lowest BCUT2D eigenvalue weighted by atomic mass is 10.2. The Balaban J connectivity index is 1.93. The first-order chi connectivity index (χ1) is 8.29. The average Bonchev–Trinajstić information content (AvgIpc) is 2.40. The van der Waals surface area contributed by atoms with Crippen molar-refractivity contribution in [3.8, 4) is 0 Å². The lowest BCUT2D eigenvalue weighted by Crippen LogP contribution is -2.45. The van der Waals surface area contributed by atoms with Crippen molar-refractivity contribution < 1.29 is 4.79 Å². The quantitative estimate of drug-likeness (QED) is 0.525. The van der Waals surface area contributed by atoms with Crippen molar-refractivity contribution >= 4 is 11.6 Å². The molecule has 6 heteroatoms. The molecular formula is C11H17N5O. The highest BCUT2D eigenvalue weighted by atomic mass is 16.2. The minimum Gasteiger partial charge on any atom is -0.323 e. The molecule has 1 amide bonds. The average molecular weight is 235 g/mol. The van der Waals surface area contributed by atoms with Gasteiger partial charge in [0.2, 0.25) is 0 Å². The van der Waals surface area contributed by atoms with Gasteiger partial charge in [0, 0.05) is 13.1 Å². The van der Waals surface area contributed by atoms with Crippen LogP contribution in [0.2, 0.25) is 0 Å². The van der Waals surface area contributed by atoms with E-state index in [9.17, 15) is 4.79 Å². The molecule has 1 saturated heterocycles. The van der Waals surface area contributed by atoms with Gasteiger partial charge in [0.15, 0.2) is 0 Å². The minimum absolute atomic E-state index is 0.171. The standard InChI is InChI=1S/C11H17N5O/c12-14-9-4-5-10(13-8-9)11(17)15-16-6-2-1-3-7-16/h4-5,8,14H,1-3,6-7,12H2,(H,15,17). The fourth-order valence-electron chi connectivity index (χ4n) is 1.82. The molecular weight excluding hydrogens is 218 g/mol. The molecule has 92 valence electrons. The fraction of sp³-hybridized carbons (Fsp3) is 0.455. The van der Waals surface area contributed by atoms with Crippen molar-refractivity contribution in [2.75, 3.05) is 18.5 Å². The van der Waals surface area contributed by atoms with E-state index >= 15 is 0 Å². The number of pyridine rings is 1. The summed E-state index contributed by atoms with van der Waals surface area (Å²) in [5.41, 5.74) is 6.40. The maximum atomic E-state index is 11.8. The van der Waals surface area contributed by atoms with Crippen LogP contribution in [0, 0.1) is 0 Å². The molecule has 1 fully saturated rings. The van der Waals surface area contributed by atoms with Gasteiger partial charge in [-0.3, -0.25) is 16.1 Å². The van der Waals surface area contributed by atoms with E-state index in [1.54, 1.807) is 12.1 Å². The summed E-state index contributed by atoms with van der Waals surface area (Å²) in [7, 11) is 0. The van der Waals surface area contributed by atoms with Crippen LogP contribution in [0.15, 0.2) is 18.3 Å². The molecule has 0 spiro atoms. The number of carbonyl (C=O) groups excluding carboxylic acids is 1. The molecule has 1 aliphatic heterocycles. The topological polar surface area (TPSA) is 83.3 Å². The van der Waals surface area contributed by atoms with Gasteiger partial charge in [-0.05, 0) is 25.0 Å². The maximum Gasteiger partial charge on any atom is 0.284 e. The smallest absolute Gasteiger partial charge is 0.284 e. The van der Waals surface area contributed by atoms with Gasteiger partial charge in [0.1, 0.15) is 5.69 Å². The molecule has 4 N–H and O–H groups in total. The number of anilines is 1. The third kappa shape index (κ3) is 3.15. The Hall–Kier alpha value is -1.66. The van der Waals surface area contributed by atoms with Crippen LogP contribution in [0.4, 0.5) is 5.69 Å². The van der Waals surface area contributed by atoms with E-state index in [-0.39, 0.29) is 5.91 Å². The number of aromatic nitrogens is 1. The first-order valence-corrected chi connectivity index (χ1v) is 5.78. The van der Waals surface area contributed by atoms with Gasteiger partial charge in [0.25, 0.3) is 5.91 Å². The van der Waals surface area contributed by atoms with Crippen molar-refractivity contribution in [1.29, 1.82) is 0 Å². The first kappa shape index (κ1) is 11.8. The van der Waals surface area contributed by atoms with E-state index in [0.29, 0.717) is 11.4 Å². The number of nitrogens with two attached hydrogens (primary N) is 1. The van der Waals surface area contributed by atoms with Crippen LogP contribution < -0.4 is 16.7 Å². The van der Waals surface area contributed by atoms with Gasteiger partial charge < -0.3 is 5.43 Å². The number of hydrogen-bond acceptors (Lipinski definition) is 5. The number of piperidine rings is 1. The number of nitrogens with zero attached hydrogens (tertiary/aromatic N) is 2. The number of nitrogen functional groups attached to an aromatic ring is 1. The van der Waals surface area contributed by atoms with Crippen LogP contribution in [0.3, 0.4) is 0 Å². The summed E-state index contributed by atoms with van der Waals surface area (Å²) >= 11 is 0. The Kier molecular flexibility index (Phi) is 3.89. The molecule has 0 radical (unpaired) electrons. The van der Waals surface area contributed by atoms with Crippen LogP contribution in [-0.4, -0.2) is 29.0 Å². The summed E-state index contributed by atoms with van der Waals surface area (Å²) < 4.78 is 0. The summed E-state index contributed by atoms with van der Waals surface area (Å²) in [5.74, 6) is 5.06. The van der Waals surface area contributed by atoms with Gasteiger partial charge in [0.05, 0.1) is 11.9 Å². The van der Waals surface area contributed by atoms with Gasteiger partial charge in [-0.2, -0.15) is 0 Å². The van der Waals surface area contributed by atoms with Crippen molar-refractivity contribution in [2.45, 2.75) is 19.3 Å². The molecule has 0 aromatic carbocycles. The Bertz CT molecular complexity index is 372. The molecule has 1 aromatic rings. The number of nitrogens with one attached hydrogen (secondary N) is 2. The first-order valence-electron chi connectivity index (χ1n) is 5.78. The molecule has 0 aliphatic carbocycles. The number of hydrazine groups is 2. The molecule has 2 rings (SSSR count). The number of carbonyl (C=O) groups is 1. The molecule has 0 bridgehead atoms. The molecule has 2 heterocycles. The molecule has 1 aromatic heterocycles. The van der Waals surface area contributed by atoms with Gasteiger partial charge in [-0.25, -0.2) is 9.99 Å². The Morgan fingerprint density at radius 2 is 2.06 bits per heavy atom. The minimum atomic E-state index is -0.171. The summed E-state index contributed by atoms with van der Waals surface area (Å²) in [4.78, 5) is 15.9. The molecule has 0 saturated carbocycles. The summed E-state index contributed by atoms with van der Waals surface area (Å²) in [5, 5.41) is 1.95. The largest absolute Gasteiger partial charge is 0.323 e. The van der Waals surface area contributed by atoms with E-state index < -0.39 is 0 Å². The summed E-state index contributed by atoms with van der Waals surface area (Å²) in [6, 6.07) is 3.37. The van der Waals surface area contributed by atoms with E-state index in [0.717, 1.165) is 25.9 Å². The Morgan fingerprint density at radius 3 is 2.65 bits per heavy atom.